The summed E-state index contributed by atoms with van der Waals surface area (Å²) >= 11 is 0. The van der Waals surface area contributed by atoms with Crippen molar-refractivity contribution < 1.29 is 4.74 Å². The first-order valence-corrected chi connectivity index (χ1v) is 5.38. The third-order valence-electron chi connectivity index (χ3n) is 2.16. The fourth-order valence-electron chi connectivity index (χ4n) is 1.69. The Bertz CT molecular complexity index is 128. The molecule has 0 aliphatic rings. The molecule has 2 N–H and O–H groups in total. The molecule has 1 atom stereocenters. The van der Waals surface area contributed by atoms with E-state index in [0.717, 1.165) is 19.3 Å². The third-order valence-corrected chi connectivity index (χ3v) is 2.16. The zero-order valence-corrected chi connectivity index (χ0v) is 9.76. The third kappa shape index (κ3) is 6.05. The predicted molar refractivity (Wildman–Crippen MR) is 57.5 cm³/mol. The summed E-state index contributed by atoms with van der Waals surface area (Å²) in [5.41, 5.74) is 5.59. The maximum Gasteiger partial charge on any atom is 0.114 e. The van der Waals surface area contributed by atoms with Gasteiger partial charge in [-0.25, -0.2) is 0 Å². The maximum absolute atomic E-state index is 6.05. The van der Waals surface area contributed by atoms with Gasteiger partial charge in [0.2, 0.25) is 0 Å². The molecule has 0 amide bonds. The smallest absolute Gasteiger partial charge is 0.114 e. The standard InChI is InChI=1S/C11H25NO/c1-6-10(7-2)13-11(5,12)8-9(3)4/h9-10H,6-8,12H2,1-5H3. The van der Waals surface area contributed by atoms with Crippen LogP contribution < -0.4 is 5.73 Å². The molecule has 1 unspecified atom stereocenters. The van der Waals surface area contributed by atoms with Gasteiger partial charge in [0.1, 0.15) is 5.72 Å². The second-order valence-corrected chi connectivity index (χ2v) is 4.47. The van der Waals surface area contributed by atoms with Crippen molar-refractivity contribution in [3.05, 3.63) is 0 Å². The van der Waals surface area contributed by atoms with Crippen LogP contribution in [0.3, 0.4) is 0 Å². The topological polar surface area (TPSA) is 35.2 Å². The van der Waals surface area contributed by atoms with Crippen molar-refractivity contribution >= 4 is 0 Å². The molecule has 0 saturated carbocycles. The van der Waals surface area contributed by atoms with Gasteiger partial charge < -0.3 is 10.5 Å². The average Bonchev–Trinajstić information content (AvgIpc) is 1.97. The summed E-state index contributed by atoms with van der Waals surface area (Å²) in [5.74, 6) is 0.587. The molecule has 0 fully saturated rings. The van der Waals surface area contributed by atoms with Crippen molar-refractivity contribution in [1.29, 1.82) is 0 Å². The van der Waals surface area contributed by atoms with Crippen LogP contribution in [0.25, 0.3) is 0 Å². The molecular formula is C11H25NO. The second-order valence-electron chi connectivity index (χ2n) is 4.47. The van der Waals surface area contributed by atoms with Crippen molar-refractivity contribution in [1.82, 2.24) is 0 Å². The van der Waals surface area contributed by atoms with Crippen molar-refractivity contribution in [3.63, 3.8) is 0 Å². The molecule has 0 aromatic carbocycles. The Hall–Kier alpha value is -0.0800. The number of nitrogens with two attached hydrogens (primary N) is 1. The van der Waals surface area contributed by atoms with Crippen LogP contribution in [0.5, 0.6) is 0 Å². The largest absolute Gasteiger partial charge is 0.358 e. The van der Waals surface area contributed by atoms with Crippen molar-refractivity contribution in [2.24, 2.45) is 11.7 Å². The van der Waals surface area contributed by atoms with Crippen molar-refractivity contribution in [2.45, 2.75) is 65.7 Å². The van der Waals surface area contributed by atoms with Crippen LogP contribution in [0.2, 0.25) is 0 Å². The highest BCUT2D eigenvalue weighted by atomic mass is 16.5. The highest BCUT2D eigenvalue weighted by Crippen LogP contribution is 2.19. The number of ether oxygens (including phenoxy) is 1. The van der Waals surface area contributed by atoms with Gasteiger partial charge in [0.25, 0.3) is 0 Å². The molecule has 0 radical (unpaired) electrons. The molecule has 80 valence electrons. The molecule has 13 heavy (non-hydrogen) atoms. The second kappa shape index (κ2) is 5.61. The minimum Gasteiger partial charge on any atom is -0.358 e. The fourth-order valence-corrected chi connectivity index (χ4v) is 1.69. The molecule has 0 aromatic heterocycles. The van der Waals surface area contributed by atoms with Gasteiger partial charge in [-0.15, -0.1) is 0 Å². The molecule has 0 aliphatic carbocycles. The van der Waals surface area contributed by atoms with E-state index in [1.54, 1.807) is 0 Å². The van der Waals surface area contributed by atoms with Gasteiger partial charge >= 0.3 is 0 Å². The van der Waals surface area contributed by atoms with Gasteiger partial charge in [0.05, 0.1) is 6.10 Å². The maximum atomic E-state index is 6.05. The summed E-state index contributed by atoms with van der Waals surface area (Å²) in [5, 5.41) is 0. The molecule has 0 saturated heterocycles. The van der Waals surface area contributed by atoms with Crippen LogP contribution in [0.4, 0.5) is 0 Å². The SMILES string of the molecule is CCC(CC)OC(C)(N)CC(C)C. The van der Waals surface area contributed by atoms with Crippen LogP contribution in [0, 0.1) is 5.92 Å². The van der Waals surface area contributed by atoms with E-state index in [1.807, 2.05) is 6.92 Å². The summed E-state index contributed by atoms with van der Waals surface area (Å²) in [4.78, 5) is 0. The lowest BCUT2D eigenvalue weighted by Gasteiger charge is -2.31. The van der Waals surface area contributed by atoms with E-state index >= 15 is 0 Å². The van der Waals surface area contributed by atoms with Gasteiger partial charge in [-0.3, -0.25) is 0 Å². The van der Waals surface area contributed by atoms with E-state index in [4.69, 9.17) is 10.5 Å². The van der Waals surface area contributed by atoms with Gasteiger partial charge in [-0.1, -0.05) is 27.7 Å². The number of hydrogen-bond donors (Lipinski definition) is 1. The Morgan fingerprint density at radius 3 is 2.00 bits per heavy atom. The van der Waals surface area contributed by atoms with Crippen LogP contribution >= 0.6 is 0 Å². The average molecular weight is 187 g/mol. The lowest BCUT2D eigenvalue weighted by molar-refractivity contribution is -0.0919. The van der Waals surface area contributed by atoms with E-state index in [9.17, 15) is 0 Å². The Morgan fingerprint density at radius 1 is 1.23 bits per heavy atom. The van der Waals surface area contributed by atoms with Gasteiger partial charge in [0.15, 0.2) is 0 Å². The summed E-state index contributed by atoms with van der Waals surface area (Å²) < 4.78 is 5.82. The normalized spacial score (nSPS) is 16.6. The van der Waals surface area contributed by atoms with Crippen molar-refractivity contribution in [3.8, 4) is 0 Å². The van der Waals surface area contributed by atoms with Gasteiger partial charge in [0, 0.05) is 0 Å². The van der Waals surface area contributed by atoms with E-state index in [-0.39, 0.29) is 0 Å². The van der Waals surface area contributed by atoms with Crippen LogP contribution in [-0.4, -0.2) is 11.8 Å². The monoisotopic (exact) mass is 187 g/mol. The van der Waals surface area contributed by atoms with Crippen molar-refractivity contribution in [2.75, 3.05) is 0 Å². The summed E-state index contributed by atoms with van der Waals surface area (Å²) in [7, 11) is 0. The Kier molecular flexibility index (Phi) is 5.57. The van der Waals surface area contributed by atoms with Crippen LogP contribution in [0.15, 0.2) is 0 Å². The highest BCUT2D eigenvalue weighted by Gasteiger charge is 2.23. The first-order valence-electron chi connectivity index (χ1n) is 5.38. The molecule has 2 heteroatoms. The molecule has 2 nitrogen and oxygen atoms in total. The molecule has 0 rings (SSSR count). The predicted octanol–water partition coefficient (Wildman–Crippen LogP) is 2.91. The summed E-state index contributed by atoms with van der Waals surface area (Å²) in [6.07, 6.45) is 3.32. The Balaban J connectivity index is 3.98. The van der Waals surface area contributed by atoms with Crippen LogP contribution in [0.1, 0.15) is 53.9 Å². The minimum atomic E-state index is -0.454. The molecule has 0 spiro atoms. The van der Waals surface area contributed by atoms with E-state index in [1.165, 1.54) is 0 Å². The van der Waals surface area contributed by atoms with Crippen LogP contribution in [-0.2, 0) is 4.74 Å². The Morgan fingerprint density at radius 2 is 1.69 bits per heavy atom. The van der Waals surface area contributed by atoms with E-state index in [2.05, 4.69) is 27.7 Å². The number of hydrogen-bond acceptors (Lipinski definition) is 2. The lowest BCUT2D eigenvalue weighted by atomic mass is 10.0. The first-order chi connectivity index (χ1) is 5.91. The van der Waals surface area contributed by atoms with Gasteiger partial charge in [-0.05, 0) is 32.1 Å². The quantitative estimate of drug-likeness (QED) is 0.649. The van der Waals surface area contributed by atoms with E-state index < -0.39 is 5.72 Å². The summed E-state index contributed by atoms with van der Waals surface area (Å²) in [6, 6.07) is 0. The molecule has 0 aromatic rings. The molecule has 0 aliphatic heterocycles. The minimum absolute atomic E-state index is 0.314. The zero-order chi connectivity index (χ0) is 10.5. The lowest BCUT2D eigenvalue weighted by Crippen LogP contribution is -2.43. The highest BCUT2D eigenvalue weighted by molar-refractivity contribution is 4.71. The van der Waals surface area contributed by atoms with E-state index in [0.29, 0.717) is 12.0 Å². The zero-order valence-electron chi connectivity index (χ0n) is 9.76. The number of rotatable bonds is 6. The molecular weight excluding hydrogens is 162 g/mol. The van der Waals surface area contributed by atoms with Gasteiger partial charge in [-0.2, -0.15) is 0 Å². The first kappa shape index (κ1) is 12.9. The Labute approximate surface area is 82.8 Å². The summed E-state index contributed by atoms with van der Waals surface area (Å²) in [6.45, 7) is 10.6. The fraction of sp³-hybridized carbons (Fsp3) is 1.00. The molecule has 0 bridgehead atoms. The molecule has 0 heterocycles.